The molecule has 4 aromatic carbocycles. The Balaban J connectivity index is 1.15. The van der Waals surface area contributed by atoms with E-state index in [1.165, 1.54) is 17.0 Å². The van der Waals surface area contributed by atoms with Crippen molar-refractivity contribution in [2.45, 2.75) is 13.5 Å². The van der Waals surface area contributed by atoms with Crippen LogP contribution in [0.2, 0.25) is 0 Å². The molecule has 0 spiro atoms. The first-order valence-electron chi connectivity index (χ1n) is 14.2. The van der Waals surface area contributed by atoms with E-state index >= 15 is 0 Å². The van der Waals surface area contributed by atoms with Gasteiger partial charge >= 0.3 is 6.03 Å². The maximum Gasteiger partial charge on any atom is 0.321 e. The molecule has 0 unspecified atom stereocenters. The van der Waals surface area contributed by atoms with Gasteiger partial charge in [0.15, 0.2) is 0 Å². The summed E-state index contributed by atoms with van der Waals surface area (Å²) in [6.07, 6.45) is 0. The highest BCUT2D eigenvalue weighted by atomic mass is 19.1. The molecular formula is C34H34FN5O3. The summed E-state index contributed by atoms with van der Waals surface area (Å²) in [5, 5.41) is 5.83. The number of benzene rings is 4. The van der Waals surface area contributed by atoms with Crippen LogP contribution in [0.15, 0.2) is 103 Å². The van der Waals surface area contributed by atoms with Crippen molar-refractivity contribution in [1.82, 2.24) is 9.80 Å². The minimum atomic E-state index is -0.364. The van der Waals surface area contributed by atoms with Crippen LogP contribution in [-0.2, 0) is 11.3 Å². The van der Waals surface area contributed by atoms with Crippen LogP contribution in [0.5, 0.6) is 0 Å². The van der Waals surface area contributed by atoms with E-state index in [9.17, 15) is 18.8 Å². The van der Waals surface area contributed by atoms with Crippen LogP contribution in [0, 0.1) is 12.7 Å². The molecule has 9 heteroatoms. The molecule has 2 N–H and O–H groups in total. The highest BCUT2D eigenvalue weighted by Gasteiger charge is 2.22. The van der Waals surface area contributed by atoms with Crippen molar-refractivity contribution < 1.29 is 18.8 Å². The van der Waals surface area contributed by atoms with Crippen molar-refractivity contribution in [3.8, 4) is 0 Å². The molecule has 1 fully saturated rings. The second-order valence-electron chi connectivity index (χ2n) is 10.5. The zero-order valence-electron chi connectivity index (χ0n) is 24.0. The molecule has 5 rings (SSSR count). The number of carbonyl (C=O) groups is 3. The Kier molecular flexibility index (Phi) is 9.31. The van der Waals surface area contributed by atoms with Crippen LogP contribution in [0.25, 0.3) is 0 Å². The lowest BCUT2D eigenvalue weighted by Crippen LogP contribution is -2.50. The van der Waals surface area contributed by atoms with Gasteiger partial charge in [-0.05, 0) is 73.2 Å². The summed E-state index contributed by atoms with van der Waals surface area (Å²) in [5.74, 6) is -0.995. The van der Waals surface area contributed by atoms with Crippen molar-refractivity contribution in [3.63, 3.8) is 0 Å². The lowest BCUT2D eigenvalue weighted by molar-refractivity contribution is -0.117. The Hall–Kier alpha value is -5.18. The fourth-order valence-electron chi connectivity index (χ4n) is 4.91. The third-order valence-electron chi connectivity index (χ3n) is 7.32. The van der Waals surface area contributed by atoms with Gasteiger partial charge in [-0.1, -0.05) is 48.0 Å². The van der Waals surface area contributed by atoms with E-state index in [0.29, 0.717) is 37.4 Å². The van der Waals surface area contributed by atoms with Gasteiger partial charge < -0.3 is 25.3 Å². The molecule has 4 aromatic rings. The topological polar surface area (TPSA) is 85.0 Å². The van der Waals surface area contributed by atoms with Gasteiger partial charge in [-0.2, -0.15) is 0 Å². The van der Waals surface area contributed by atoms with E-state index in [-0.39, 0.29) is 36.8 Å². The van der Waals surface area contributed by atoms with Crippen molar-refractivity contribution >= 4 is 34.9 Å². The van der Waals surface area contributed by atoms with E-state index in [0.717, 1.165) is 22.5 Å². The summed E-state index contributed by atoms with van der Waals surface area (Å²) >= 11 is 0. The molecule has 1 saturated heterocycles. The van der Waals surface area contributed by atoms with Gasteiger partial charge in [0.25, 0.3) is 5.91 Å². The third-order valence-corrected chi connectivity index (χ3v) is 7.32. The van der Waals surface area contributed by atoms with Crippen LogP contribution in [-0.4, -0.2) is 60.4 Å². The molecule has 0 aliphatic carbocycles. The third kappa shape index (κ3) is 7.97. The zero-order valence-corrected chi connectivity index (χ0v) is 24.0. The Morgan fingerprint density at radius 3 is 2.00 bits per heavy atom. The Bertz CT molecular complexity index is 1540. The standard InChI is InChI=1S/C34H34FN5O3/c1-25-7-13-30(14-8-25)37-34(43)39-21-19-38(20-22-39)31-17-15-29(16-18-31)36-32(41)24-40(23-26-9-11-28(35)12-10-26)33(42)27-5-3-2-4-6-27/h2-18H,19-24H2,1H3,(H,36,41)(H,37,43). The molecule has 43 heavy (non-hydrogen) atoms. The smallest absolute Gasteiger partial charge is 0.321 e. The van der Waals surface area contributed by atoms with Crippen molar-refractivity contribution in [3.05, 3.63) is 126 Å². The number of hydrogen-bond donors (Lipinski definition) is 2. The zero-order chi connectivity index (χ0) is 30.2. The largest absolute Gasteiger partial charge is 0.368 e. The first kappa shape index (κ1) is 29.3. The number of urea groups is 1. The van der Waals surface area contributed by atoms with Crippen LogP contribution in [0.3, 0.4) is 0 Å². The second kappa shape index (κ2) is 13.7. The summed E-state index contributed by atoms with van der Waals surface area (Å²) in [5.41, 5.74) is 4.70. The maximum absolute atomic E-state index is 13.4. The van der Waals surface area contributed by atoms with E-state index in [4.69, 9.17) is 0 Å². The molecule has 0 radical (unpaired) electrons. The number of anilines is 3. The van der Waals surface area contributed by atoms with E-state index in [1.54, 1.807) is 41.3 Å². The van der Waals surface area contributed by atoms with Crippen LogP contribution in [0.4, 0.5) is 26.2 Å². The van der Waals surface area contributed by atoms with Crippen molar-refractivity contribution in [2.24, 2.45) is 0 Å². The average Bonchev–Trinajstić information content (AvgIpc) is 3.03. The van der Waals surface area contributed by atoms with Crippen molar-refractivity contribution in [2.75, 3.05) is 48.3 Å². The molecule has 220 valence electrons. The molecule has 0 atom stereocenters. The number of hydrogen-bond acceptors (Lipinski definition) is 4. The van der Waals surface area contributed by atoms with E-state index < -0.39 is 0 Å². The van der Waals surface area contributed by atoms with E-state index in [1.807, 2.05) is 61.5 Å². The first-order valence-corrected chi connectivity index (χ1v) is 14.2. The molecule has 8 nitrogen and oxygen atoms in total. The van der Waals surface area contributed by atoms with Gasteiger partial charge in [0, 0.05) is 55.3 Å². The molecule has 1 aliphatic rings. The number of piperazine rings is 1. The van der Waals surface area contributed by atoms with Crippen molar-refractivity contribution in [1.29, 1.82) is 0 Å². The lowest BCUT2D eigenvalue weighted by Gasteiger charge is -2.36. The summed E-state index contributed by atoms with van der Waals surface area (Å²) in [4.78, 5) is 44.4. The number of halogens is 1. The SMILES string of the molecule is Cc1ccc(NC(=O)N2CCN(c3ccc(NC(=O)CN(Cc4ccc(F)cc4)C(=O)c4ccccc4)cc3)CC2)cc1. The normalized spacial score (nSPS) is 12.9. The molecule has 1 heterocycles. The van der Waals surface area contributed by atoms with Gasteiger partial charge in [0.05, 0.1) is 0 Å². The number of amides is 4. The van der Waals surface area contributed by atoms with Gasteiger partial charge in [0.1, 0.15) is 12.4 Å². The maximum atomic E-state index is 13.4. The fraction of sp³-hybridized carbons (Fsp3) is 0.206. The number of nitrogens with one attached hydrogen (secondary N) is 2. The molecule has 0 aromatic heterocycles. The summed E-state index contributed by atoms with van der Waals surface area (Å²) in [6, 6.07) is 29.8. The van der Waals surface area contributed by atoms with Crippen LogP contribution >= 0.6 is 0 Å². The Morgan fingerprint density at radius 1 is 0.744 bits per heavy atom. The second-order valence-corrected chi connectivity index (χ2v) is 10.5. The number of rotatable bonds is 8. The number of carbonyl (C=O) groups excluding carboxylic acids is 3. The summed E-state index contributed by atoms with van der Waals surface area (Å²) in [6.45, 7) is 4.56. The highest BCUT2D eigenvalue weighted by molar-refractivity contribution is 5.99. The molecule has 0 saturated carbocycles. The number of nitrogens with zero attached hydrogens (tertiary/aromatic N) is 3. The first-order chi connectivity index (χ1) is 20.8. The molecule has 4 amide bonds. The summed E-state index contributed by atoms with van der Waals surface area (Å²) < 4.78 is 13.4. The molecule has 0 bridgehead atoms. The monoisotopic (exact) mass is 579 g/mol. The van der Waals surface area contributed by atoms with Crippen LogP contribution < -0.4 is 15.5 Å². The number of aryl methyl sites for hydroxylation is 1. The lowest BCUT2D eigenvalue weighted by atomic mass is 10.1. The Labute approximate surface area is 250 Å². The molecule has 1 aliphatic heterocycles. The van der Waals surface area contributed by atoms with Gasteiger partial charge in [0.2, 0.25) is 5.91 Å². The van der Waals surface area contributed by atoms with Gasteiger partial charge in [-0.15, -0.1) is 0 Å². The van der Waals surface area contributed by atoms with E-state index in [2.05, 4.69) is 15.5 Å². The highest BCUT2D eigenvalue weighted by Crippen LogP contribution is 2.21. The summed E-state index contributed by atoms with van der Waals surface area (Å²) in [7, 11) is 0. The minimum absolute atomic E-state index is 0.110. The van der Waals surface area contributed by atoms with Gasteiger partial charge in [-0.3, -0.25) is 9.59 Å². The quantitative estimate of drug-likeness (QED) is 0.278. The molecular weight excluding hydrogens is 545 g/mol. The van der Waals surface area contributed by atoms with Gasteiger partial charge in [-0.25, -0.2) is 9.18 Å². The average molecular weight is 580 g/mol. The predicted molar refractivity (Wildman–Crippen MR) is 167 cm³/mol. The Morgan fingerprint density at radius 2 is 1.35 bits per heavy atom. The van der Waals surface area contributed by atoms with Crippen LogP contribution in [0.1, 0.15) is 21.5 Å². The minimum Gasteiger partial charge on any atom is -0.368 e. The predicted octanol–water partition coefficient (Wildman–Crippen LogP) is 5.77. The fourth-order valence-corrected chi connectivity index (χ4v) is 4.91.